The van der Waals surface area contributed by atoms with Gasteiger partial charge in [0.05, 0.1) is 19.2 Å². The molecule has 3 heterocycles. The highest BCUT2D eigenvalue weighted by Gasteiger charge is 2.20. The predicted molar refractivity (Wildman–Crippen MR) is 107 cm³/mol. The van der Waals surface area contributed by atoms with Gasteiger partial charge < -0.3 is 38.6 Å². The minimum Gasteiger partial charge on any atom is -0.809 e. The van der Waals surface area contributed by atoms with Crippen LogP contribution in [0.4, 0.5) is 5.69 Å². The Bertz CT molecular complexity index is 1060. The first-order valence-corrected chi connectivity index (χ1v) is 10.6. The number of aromatic nitrogens is 4. The number of benzene rings is 1. The molecule has 0 bridgehead atoms. The summed E-state index contributed by atoms with van der Waals surface area (Å²) in [6.07, 6.45) is 2.04. The largest absolute Gasteiger partial charge is 0.809 e. The third kappa shape index (κ3) is 3.71. The highest BCUT2D eigenvalue weighted by molar-refractivity contribution is 8.26. The summed E-state index contributed by atoms with van der Waals surface area (Å²) < 4.78 is 42.4. The number of aryl methyl sites for hydroxylation is 1. The van der Waals surface area contributed by atoms with E-state index in [4.69, 9.17) is 21.1 Å². The number of hydrogen-bond acceptors (Lipinski definition) is 7. The molecule has 0 radical (unpaired) electrons. The Morgan fingerprint density at radius 1 is 1.31 bits per heavy atom. The number of nitrogens with zero attached hydrogens (tertiary/aromatic N) is 5. The zero-order chi connectivity index (χ0) is 20.6. The van der Waals surface area contributed by atoms with Gasteiger partial charge in [0.1, 0.15) is 18.2 Å². The van der Waals surface area contributed by atoms with Gasteiger partial charge in [0, 0.05) is 22.5 Å². The van der Waals surface area contributed by atoms with E-state index in [-0.39, 0.29) is 21.4 Å². The minimum absolute atomic E-state index is 0.129. The van der Waals surface area contributed by atoms with Crippen LogP contribution in [0.5, 0.6) is 11.6 Å². The Morgan fingerprint density at radius 2 is 2.14 bits per heavy atom. The molecule has 1 aromatic carbocycles. The first-order chi connectivity index (χ1) is 13.9. The lowest BCUT2D eigenvalue weighted by Crippen LogP contribution is -2.09. The standard InChI is InChI=1S/C18H19ClN5O4S/c1-3-16-21-22-17-13-9-12(10-20-18(13)28-7-6-24(16)17)23-29(25,26)15-8-11(19)4-5-14(15)27-2/h4-5,8-10,25-26H,3,6-7H2,1-2H3/q-1/p-2. The number of sulfonamides is 1. The summed E-state index contributed by atoms with van der Waals surface area (Å²) in [4.78, 5) is 4.10. The summed E-state index contributed by atoms with van der Waals surface area (Å²) in [6, 6.07) is 5.88. The normalized spacial score (nSPS) is 13.7. The molecule has 0 amide bonds. The van der Waals surface area contributed by atoms with Crippen molar-refractivity contribution in [2.75, 3.05) is 13.7 Å². The van der Waals surface area contributed by atoms with Gasteiger partial charge in [-0.15, -0.1) is 15.9 Å². The highest BCUT2D eigenvalue weighted by Crippen LogP contribution is 2.60. The van der Waals surface area contributed by atoms with Gasteiger partial charge in [-0.05, 0) is 18.2 Å². The van der Waals surface area contributed by atoms with Crippen LogP contribution in [0.15, 0.2) is 35.4 Å². The second-order valence-electron chi connectivity index (χ2n) is 6.20. The number of ether oxygens (including phenoxy) is 2. The van der Waals surface area contributed by atoms with Gasteiger partial charge in [-0.1, -0.05) is 24.6 Å². The molecular formula is C18H17ClN5O4S-3. The number of hydrogen-bond donors (Lipinski definition) is 0. The molecule has 154 valence electrons. The fraction of sp³-hybridized carbons (Fsp3) is 0.278. The highest BCUT2D eigenvalue weighted by atomic mass is 35.5. The molecule has 3 aromatic rings. The maximum absolute atomic E-state index is 12.9. The van der Waals surface area contributed by atoms with E-state index < -0.39 is 10.8 Å². The topological polar surface area (TPSA) is 122 Å². The van der Waals surface area contributed by atoms with Crippen LogP contribution in [0.3, 0.4) is 0 Å². The third-order valence-corrected chi connectivity index (χ3v) is 5.97. The van der Waals surface area contributed by atoms with Gasteiger partial charge in [-0.2, -0.15) is 0 Å². The van der Waals surface area contributed by atoms with Crippen molar-refractivity contribution in [2.24, 2.45) is 0 Å². The van der Waals surface area contributed by atoms with Crippen LogP contribution in [0, 0.1) is 0 Å². The van der Waals surface area contributed by atoms with E-state index >= 15 is 0 Å². The second-order valence-corrected chi connectivity index (χ2v) is 8.21. The van der Waals surface area contributed by atoms with Gasteiger partial charge in [0.2, 0.25) is 5.88 Å². The molecule has 1 aliphatic rings. The van der Waals surface area contributed by atoms with Gasteiger partial charge in [0.15, 0.2) is 5.82 Å². The molecule has 11 heteroatoms. The molecule has 0 aliphatic carbocycles. The smallest absolute Gasteiger partial charge is 0.224 e. The fourth-order valence-electron chi connectivity index (χ4n) is 3.07. The van der Waals surface area contributed by atoms with E-state index in [0.29, 0.717) is 36.8 Å². The summed E-state index contributed by atoms with van der Waals surface area (Å²) in [5.41, 5.74) is 0.660. The molecule has 0 atom stereocenters. The third-order valence-electron chi connectivity index (χ3n) is 4.40. The predicted octanol–water partition coefficient (Wildman–Crippen LogP) is 4.00. The van der Waals surface area contributed by atoms with Gasteiger partial charge >= 0.3 is 0 Å². The number of methoxy groups -OCH3 is 1. The Hall–Kier alpha value is -2.53. The average molecular weight is 435 g/mol. The van der Waals surface area contributed by atoms with Crippen molar-refractivity contribution in [1.29, 1.82) is 0 Å². The number of pyridine rings is 1. The molecule has 0 N–H and O–H groups in total. The van der Waals surface area contributed by atoms with Crippen LogP contribution < -0.4 is 9.47 Å². The summed E-state index contributed by atoms with van der Waals surface area (Å²) in [7, 11) is -2.72. The Balaban J connectivity index is 1.72. The molecule has 0 spiro atoms. The zero-order valence-corrected chi connectivity index (χ0v) is 17.2. The van der Waals surface area contributed by atoms with Crippen LogP contribution in [-0.4, -0.2) is 42.6 Å². The summed E-state index contributed by atoms with van der Waals surface area (Å²) in [5, 5.41) is 8.68. The lowest BCUT2D eigenvalue weighted by Gasteiger charge is -2.72. The lowest BCUT2D eigenvalue weighted by molar-refractivity contribution is 0.294. The average Bonchev–Trinajstić information content (AvgIpc) is 3.02. The molecule has 0 fully saturated rings. The Labute approximate surface area is 174 Å². The van der Waals surface area contributed by atoms with Crippen molar-refractivity contribution in [3.05, 3.63) is 46.0 Å². The number of fused-ring (bicyclic) bond motifs is 3. The van der Waals surface area contributed by atoms with Crippen molar-refractivity contribution in [2.45, 2.75) is 24.8 Å². The van der Waals surface area contributed by atoms with Crippen LogP contribution >= 0.6 is 22.4 Å². The van der Waals surface area contributed by atoms with Gasteiger partial charge in [-0.3, -0.25) is 0 Å². The summed E-state index contributed by atoms with van der Waals surface area (Å²) >= 11 is 5.96. The van der Waals surface area contributed by atoms with E-state index in [0.717, 1.165) is 5.82 Å². The van der Waals surface area contributed by atoms with E-state index in [1.54, 1.807) is 12.1 Å². The summed E-state index contributed by atoms with van der Waals surface area (Å²) in [5.74, 6) is 1.89. The van der Waals surface area contributed by atoms with Crippen LogP contribution in [-0.2, 0) is 13.0 Å². The second kappa shape index (κ2) is 7.71. The first-order valence-electron chi connectivity index (χ1n) is 8.79. The van der Waals surface area contributed by atoms with Crippen molar-refractivity contribution in [1.82, 2.24) is 19.7 Å². The van der Waals surface area contributed by atoms with E-state index in [2.05, 4.69) is 19.9 Å². The van der Waals surface area contributed by atoms with Crippen LogP contribution in [0.2, 0.25) is 5.02 Å². The van der Waals surface area contributed by atoms with Gasteiger partial charge in [-0.25, -0.2) is 4.98 Å². The number of halogens is 1. The monoisotopic (exact) mass is 434 g/mol. The number of rotatable bonds is 5. The molecule has 29 heavy (non-hydrogen) atoms. The molecule has 4 rings (SSSR count). The van der Waals surface area contributed by atoms with Gasteiger partial charge in [0.25, 0.3) is 0 Å². The SMILES string of the molecule is CCc1nnc2n1CCOc1ncc([N-]S([O-])([O-])c3cc(Cl)ccc3OC)cc1-2. The van der Waals surface area contributed by atoms with E-state index in [1.807, 2.05) is 11.5 Å². The van der Waals surface area contributed by atoms with Crippen molar-refractivity contribution >= 4 is 28.1 Å². The Kier molecular flexibility index (Phi) is 5.26. The minimum atomic E-state index is -4.10. The van der Waals surface area contributed by atoms with Crippen LogP contribution in [0.1, 0.15) is 12.7 Å². The van der Waals surface area contributed by atoms with Crippen molar-refractivity contribution < 1.29 is 18.6 Å². The molecule has 0 saturated heterocycles. The Morgan fingerprint density at radius 3 is 2.90 bits per heavy atom. The lowest BCUT2D eigenvalue weighted by atomic mass is 10.2. The molecule has 0 unspecified atom stereocenters. The molecule has 1 aliphatic heterocycles. The maximum atomic E-state index is 12.9. The molecule has 0 saturated carbocycles. The van der Waals surface area contributed by atoms with E-state index in [9.17, 15) is 9.11 Å². The zero-order valence-electron chi connectivity index (χ0n) is 15.7. The van der Waals surface area contributed by atoms with Crippen molar-refractivity contribution in [3.63, 3.8) is 0 Å². The summed E-state index contributed by atoms with van der Waals surface area (Å²) in [6.45, 7) is 2.97. The quantitative estimate of drug-likeness (QED) is 0.594. The molecule has 9 nitrogen and oxygen atoms in total. The first kappa shape index (κ1) is 19.8. The molecular weight excluding hydrogens is 418 g/mol. The fourth-order valence-corrected chi connectivity index (χ4v) is 4.47. The molecule has 2 aromatic heterocycles. The van der Waals surface area contributed by atoms with E-state index in [1.165, 1.54) is 25.4 Å². The van der Waals surface area contributed by atoms with Crippen molar-refractivity contribution in [3.8, 4) is 23.0 Å². The van der Waals surface area contributed by atoms with Crippen LogP contribution in [0.25, 0.3) is 16.1 Å². The maximum Gasteiger partial charge on any atom is 0.224 e.